The molecule has 1 N–H and O–H groups in total. The number of alkyl halides is 1. The molecule has 2 rings (SSSR count). The first-order valence-electron chi connectivity index (χ1n) is 7.74. The number of nitrogens with one attached hydrogen (secondary N) is 1. The van der Waals surface area contributed by atoms with Gasteiger partial charge in [0, 0.05) is 18.7 Å². The first kappa shape index (κ1) is 20.7. The number of halogens is 5. The van der Waals surface area contributed by atoms with Crippen LogP contribution in [0, 0.1) is 11.6 Å². The van der Waals surface area contributed by atoms with Gasteiger partial charge in [-0.25, -0.2) is 22.4 Å². The zero-order valence-electron chi connectivity index (χ0n) is 14.0. The lowest BCUT2D eigenvalue weighted by Crippen LogP contribution is -2.37. The third kappa shape index (κ3) is 4.77. The number of esters is 1. The minimum Gasteiger partial charge on any atom is -0.462 e. The van der Waals surface area contributed by atoms with Crippen molar-refractivity contribution in [3.05, 3.63) is 64.6 Å². The Bertz CT molecular complexity index is 866. The van der Waals surface area contributed by atoms with Gasteiger partial charge >= 0.3 is 5.97 Å². The zero-order chi connectivity index (χ0) is 20.2. The van der Waals surface area contributed by atoms with Crippen molar-refractivity contribution in [1.82, 2.24) is 0 Å². The van der Waals surface area contributed by atoms with Crippen molar-refractivity contribution in [2.75, 3.05) is 11.9 Å². The molecule has 0 aromatic heterocycles. The van der Waals surface area contributed by atoms with Crippen LogP contribution in [0.4, 0.5) is 23.2 Å². The van der Waals surface area contributed by atoms with Crippen molar-refractivity contribution in [1.29, 1.82) is 0 Å². The van der Waals surface area contributed by atoms with Crippen molar-refractivity contribution in [3.63, 3.8) is 0 Å². The number of hydrogen-bond acceptors (Lipinski definition) is 4. The van der Waals surface area contributed by atoms with Crippen LogP contribution in [-0.4, -0.2) is 24.0 Å². The molecule has 0 heterocycles. The van der Waals surface area contributed by atoms with Crippen LogP contribution in [0.2, 0.25) is 0 Å². The van der Waals surface area contributed by atoms with Crippen molar-refractivity contribution in [2.24, 2.45) is 0 Å². The Morgan fingerprint density at radius 3 is 2.63 bits per heavy atom. The number of Topliss-reactive ketones (excluding diaryl/α,β-unsaturated/α-hetero) is 1. The molecule has 0 radical (unpaired) electrons. The number of anilines is 1. The molecular weight excluding hydrogens is 390 g/mol. The SMILES string of the molecule is CCOC(=O)C(=CNc1ccc(F)cc1F)C(=O)C1(F)C=CC(F)=C(Cl)C1. The fourth-order valence-corrected chi connectivity index (χ4v) is 2.48. The summed E-state index contributed by atoms with van der Waals surface area (Å²) in [6.07, 6.45) is 1.26. The van der Waals surface area contributed by atoms with Gasteiger partial charge in [-0.1, -0.05) is 11.6 Å². The molecule has 144 valence electrons. The van der Waals surface area contributed by atoms with Crippen LogP contribution in [0.3, 0.4) is 0 Å². The highest BCUT2D eigenvalue weighted by Crippen LogP contribution is 2.35. The van der Waals surface area contributed by atoms with Gasteiger partial charge in [0.05, 0.1) is 17.3 Å². The average Bonchev–Trinajstić information content (AvgIpc) is 2.60. The van der Waals surface area contributed by atoms with Gasteiger partial charge < -0.3 is 10.1 Å². The van der Waals surface area contributed by atoms with Crippen LogP contribution < -0.4 is 5.32 Å². The van der Waals surface area contributed by atoms with E-state index in [1.807, 2.05) is 0 Å². The molecule has 27 heavy (non-hydrogen) atoms. The second kappa shape index (κ2) is 8.39. The van der Waals surface area contributed by atoms with Crippen molar-refractivity contribution in [2.45, 2.75) is 19.0 Å². The Kier molecular flexibility index (Phi) is 6.43. The summed E-state index contributed by atoms with van der Waals surface area (Å²) in [6, 6.07) is 2.55. The smallest absolute Gasteiger partial charge is 0.343 e. The lowest BCUT2D eigenvalue weighted by molar-refractivity contribution is -0.141. The number of rotatable bonds is 6. The van der Waals surface area contributed by atoms with Gasteiger partial charge in [-0.2, -0.15) is 0 Å². The molecule has 1 unspecified atom stereocenters. The highest BCUT2D eigenvalue weighted by molar-refractivity contribution is 6.31. The third-order valence-electron chi connectivity index (χ3n) is 3.59. The van der Waals surface area contributed by atoms with E-state index >= 15 is 0 Å². The van der Waals surface area contributed by atoms with Gasteiger partial charge in [0.25, 0.3) is 0 Å². The molecule has 1 aliphatic carbocycles. The van der Waals surface area contributed by atoms with Crippen LogP contribution in [0.25, 0.3) is 0 Å². The number of allylic oxidation sites excluding steroid dienone is 4. The van der Waals surface area contributed by atoms with E-state index in [4.69, 9.17) is 16.3 Å². The van der Waals surface area contributed by atoms with E-state index in [1.165, 1.54) is 6.92 Å². The molecule has 1 aromatic rings. The number of carbonyl (C=O) groups excluding carboxylic acids is 2. The predicted molar refractivity (Wildman–Crippen MR) is 91.3 cm³/mol. The molecule has 1 atom stereocenters. The Labute approximate surface area is 157 Å². The van der Waals surface area contributed by atoms with E-state index in [9.17, 15) is 27.2 Å². The lowest BCUT2D eigenvalue weighted by atomic mass is 9.88. The number of hydrogen-bond donors (Lipinski definition) is 1. The lowest BCUT2D eigenvalue weighted by Gasteiger charge is -2.23. The Morgan fingerprint density at radius 2 is 2.04 bits per heavy atom. The second-order valence-electron chi connectivity index (χ2n) is 5.50. The molecule has 0 fully saturated rings. The fraction of sp³-hybridized carbons (Fsp3) is 0.222. The minimum absolute atomic E-state index is 0.112. The monoisotopic (exact) mass is 403 g/mol. The summed E-state index contributed by atoms with van der Waals surface area (Å²) in [5.74, 6) is -5.25. The molecule has 1 aliphatic rings. The molecule has 0 saturated carbocycles. The van der Waals surface area contributed by atoms with E-state index in [1.54, 1.807) is 0 Å². The van der Waals surface area contributed by atoms with Crippen molar-refractivity contribution >= 4 is 29.0 Å². The maximum atomic E-state index is 15.0. The number of ether oxygens (including phenoxy) is 1. The van der Waals surface area contributed by atoms with Gasteiger partial charge in [-0.3, -0.25) is 4.79 Å². The van der Waals surface area contributed by atoms with E-state index in [0.29, 0.717) is 18.2 Å². The summed E-state index contributed by atoms with van der Waals surface area (Å²) in [7, 11) is 0. The normalized spacial score (nSPS) is 19.9. The number of ketones is 1. The van der Waals surface area contributed by atoms with Crippen molar-refractivity contribution < 1.29 is 31.9 Å². The summed E-state index contributed by atoms with van der Waals surface area (Å²) in [5.41, 5.74) is -3.82. The summed E-state index contributed by atoms with van der Waals surface area (Å²) in [5, 5.41) is 1.78. The standard InChI is InChI=1S/C18H14ClF4NO3/c1-2-27-17(26)11(9-24-15-4-3-10(20)7-14(15)22)16(25)18(23)6-5-13(21)12(19)8-18/h3-7,9,24H,2,8H2,1H3. The maximum Gasteiger partial charge on any atom is 0.343 e. The van der Waals surface area contributed by atoms with E-state index in [0.717, 1.165) is 18.3 Å². The predicted octanol–water partition coefficient (Wildman–Crippen LogP) is 4.48. The van der Waals surface area contributed by atoms with E-state index in [2.05, 4.69) is 5.32 Å². The minimum atomic E-state index is -2.78. The van der Waals surface area contributed by atoms with Crippen LogP contribution in [0.5, 0.6) is 0 Å². The molecule has 0 aliphatic heterocycles. The first-order chi connectivity index (χ1) is 12.7. The molecule has 4 nitrogen and oxygen atoms in total. The van der Waals surface area contributed by atoms with E-state index in [-0.39, 0.29) is 12.3 Å². The molecule has 1 aromatic carbocycles. The summed E-state index contributed by atoms with van der Waals surface area (Å²) >= 11 is 5.57. The summed E-state index contributed by atoms with van der Waals surface area (Å²) < 4.78 is 59.6. The van der Waals surface area contributed by atoms with Gasteiger partial charge in [0.15, 0.2) is 5.67 Å². The molecular formula is C18H14ClF4NO3. The van der Waals surface area contributed by atoms with Crippen molar-refractivity contribution in [3.8, 4) is 0 Å². The van der Waals surface area contributed by atoms with Gasteiger partial charge in [-0.15, -0.1) is 0 Å². The molecule has 0 bridgehead atoms. The van der Waals surface area contributed by atoms with Crippen LogP contribution in [0.15, 0.2) is 53.0 Å². The topological polar surface area (TPSA) is 55.4 Å². The largest absolute Gasteiger partial charge is 0.462 e. The summed E-state index contributed by atoms with van der Waals surface area (Å²) in [6.45, 7) is 1.35. The number of benzene rings is 1. The molecule has 0 saturated heterocycles. The molecule has 9 heteroatoms. The molecule has 0 amide bonds. The Balaban J connectivity index is 2.35. The summed E-state index contributed by atoms with van der Waals surface area (Å²) in [4.78, 5) is 24.6. The van der Waals surface area contributed by atoms with Gasteiger partial charge in [0.2, 0.25) is 5.78 Å². The number of carbonyl (C=O) groups is 2. The Hall–Kier alpha value is -2.61. The third-order valence-corrected chi connectivity index (χ3v) is 3.90. The maximum absolute atomic E-state index is 15.0. The zero-order valence-corrected chi connectivity index (χ0v) is 14.7. The first-order valence-corrected chi connectivity index (χ1v) is 8.11. The fourth-order valence-electron chi connectivity index (χ4n) is 2.23. The highest BCUT2D eigenvalue weighted by Gasteiger charge is 2.43. The quantitative estimate of drug-likeness (QED) is 0.250. The average molecular weight is 404 g/mol. The Morgan fingerprint density at radius 1 is 1.33 bits per heavy atom. The highest BCUT2D eigenvalue weighted by atomic mass is 35.5. The van der Waals surface area contributed by atoms with Gasteiger partial charge in [0.1, 0.15) is 23.0 Å². The van der Waals surface area contributed by atoms with E-state index < -0.39 is 51.9 Å². The van der Waals surface area contributed by atoms with Crippen LogP contribution in [0.1, 0.15) is 13.3 Å². The van der Waals surface area contributed by atoms with Crippen LogP contribution >= 0.6 is 11.6 Å². The van der Waals surface area contributed by atoms with Crippen LogP contribution in [-0.2, 0) is 14.3 Å². The molecule has 0 spiro atoms. The second-order valence-corrected chi connectivity index (χ2v) is 5.96. The van der Waals surface area contributed by atoms with Gasteiger partial charge in [-0.05, 0) is 31.2 Å².